The number of nitrogens with one attached hydrogen (secondary N) is 2. The minimum Gasteiger partial charge on any atom is -0.349 e. The van der Waals surface area contributed by atoms with E-state index >= 15 is 0 Å². The minimum absolute atomic E-state index is 0.0600. The van der Waals surface area contributed by atoms with Crippen molar-refractivity contribution in [2.45, 2.75) is 18.4 Å². The zero-order valence-electron chi connectivity index (χ0n) is 14.6. The Bertz CT molecular complexity index is 1040. The number of nitrogens with zero attached hydrogens (tertiary/aromatic N) is 2. The van der Waals surface area contributed by atoms with Crippen LogP contribution < -0.4 is 21.3 Å². The zero-order chi connectivity index (χ0) is 19.5. The Hall–Kier alpha value is -2.72. The van der Waals surface area contributed by atoms with E-state index in [1.54, 1.807) is 12.1 Å². The van der Waals surface area contributed by atoms with E-state index in [4.69, 9.17) is 0 Å². The van der Waals surface area contributed by atoms with E-state index < -0.39 is 33.7 Å². The van der Waals surface area contributed by atoms with Crippen LogP contribution in [0.5, 0.6) is 0 Å². The average Bonchev–Trinajstić information content (AvgIpc) is 2.60. The van der Waals surface area contributed by atoms with E-state index in [0.717, 1.165) is 10.1 Å². The van der Waals surface area contributed by atoms with Gasteiger partial charge in [0.05, 0.1) is 18.0 Å². The van der Waals surface area contributed by atoms with Crippen molar-refractivity contribution in [3.63, 3.8) is 0 Å². The van der Waals surface area contributed by atoms with Crippen LogP contribution in [0.4, 0.5) is 0 Å². The summed E-state index contributed by atoms with van der Waals surface area (Å²) in [5, 5.41) is 2.47. The number of carbonyl (C=O) groups excluding carboxylic acids is 1. The Kier molecular flexibility index (Phi) is 5.78. The van der Waals surface area contributed by atoms with Gasteiger partial charge in [-0.1, -0.05) is 17.7 Å². The lowest BCUT2D eigenvalue weighted by Gasteiger charge is -2.11. The quantitative estimate of drug-likeness (QED) is 0.665. The van der Waals surface area contributed by atoms with Crippen LogP contribution in [0.1, 0.15) is 11.3 Å². The van der Waals surface area contributed by atoms with Gasteiger partial charge in [-0.3, -0.25) is 18.7 Å². The molecule has 1 heterocycles. The van der Waals surface area contributed by atoms with Crippen molar-refractivity contribution >= 4 is 15.9 Å². The fraction of sp³-hybridized carbons (Fsp3) is 0.312. The number of aryl methyl sites for hydroxylation is 1. The molecule has 140 valence electrons. The predicted molar refractivity (Wildman–Crippen MR) is 95.1 cm³/mol. The fourth-order valence-corrected chi connectivity index (χ4v) is 3.14. The molecule has 1 aromatic carbocycles. The summed E-state index contributed by atoms with van der Waals surface area (Å²) in [4.78, 5) is 35.4. The number of hydrogen-bond acceptors (Lipinski definition) is 5. The van der Waals surface area contributed by atoms with Gasteiger partial charge in [-0.15, -0.1) is 0 Å². The molecule has 0 fully saturated rings. The molecule has 9 nitrogen and oxygen atoms in total. The highest BCUT2D eigenvalue weighted by Crippen LogP contribution is 2.09. The number of carbonyl (C=O) groups is 1. The summed E-state index contributed by atoms with van der Waals surface area (Å²) in [5.41, 5.74) is 0.230. The van der Waals surface area contributed by atoms with Gasteiger partial charge < -0.3 is 5.32 Å². The monoisotopic (exact) mass is 380 g/mol. The molecular formula is C16H20N4O5S. The van der Waals surface area contributed by atoms with Crippen molar-refractivity contribution < 1.29 is 13.2 Å². The average molecular weight is 380 g/mol. The third kappa shape index (κ3) is 4.46. The first-order chi connectivity index (χ1) is 12.1. The third-order valence-corrected chi connectivity index (χ3v) is 5.26. The van der Waals surface area contributed by atoms with Crippen LogP contribution in [-0.4, -0.2) is 30.0 Å². The lowest BCUT2D eigenvalue weighted by Crippen LogP contribution is -2.41. The largest absolute Gasteiger partial charge is 0.349 e. The van der Waals surface area contributed by atoms with Crippen LogP contribution >= 0.6 is 0 Å². The van der Waals surface area contributed by atoms with Gasteiger partial charge in [0, 0.05) is 25.9 Å². The molecular weight excluding hydrogens is 360 g/mol. The first-order valence-electron chi connectivity index (χ1n) is 7.71. The van der Waals surface area contributed by atoms with E-state index in [2.05, 4.69) is 10.0 Å². The first-order valence-corrected chi connectivity index (χ1v) is 9.19. The second-order valence-electron chi connectivity index (χ2n) is 5.79. The topological polar surface area (TPSA) is 119 Å². The summed E-state index contributed by atoms with van der Waals surface area (Å²) >= 11 is 0. The number of hydrogen-bond donors (Lipinski definition) is 2. The molecule has 0 spiro atoms. The van der Waals surface area contributed by atoms with Crippen molar-refractivity contribution in [2.75, 3.05) is 6.54 Å². The first kappa shape index (κ1) is 19.6. The van der Waals surface area contributed by atoms with Gasteiger partial charge in [0.1, 0.15) is 0 Å². The number of amides is 1. The molecule has 1 amide bonds. The standard InChI is InChI=1S/C16H20N4O5S/c1-11-4-6-13(7-5-11)26(24,25)18-10-14(21)17-9-12-8-15(22)20(3)16(23)19(12)2/h4-8,18H,9-10H2,1-3H3,(H,17,21). The maximum atomic E-state index is 12.1. The number of aromatic nitrogens is 2. The molecule has 2 N–H and O–H groups in total. The second kappa shape index (κ2) is 7.67. The van der Waals surface area contributed by atoms with Crippen LogP contribution in [0, 0.1) is 6.92 Å². The molecule has 0 radical (unpaired) electrons. The van der Waals surface area contributed by atoms with Gasteiger partial charge >= 0.3 is 5.69 Å². The van der Waals surface area contributed by atoms with Crippen molar-refractivity contribution in [1.82, 2.24) is 19.2 Å². The van der Waals surface area contributed by atoms with Gasteiger partial charge in [0.2, 0.25) is 15.9 Å². The lowest BCUT2D eigenvalue weighted by molar-refractivity contribution is -0.120. The molecule has 0 unspecified atom stereocenters. The summed E-state index contributed by atoms with van der Waals surface area (Å²) in [7, 11) is -0.972. The highest BCUT2D eigenvalue weighted by atomic mass is 32.2. The van der Waals surface area contributed by atoms with Crippen molar-refractivity contribution in [2.24, 2.45) is 14.1 Å². The maximum Gasteiger partial charge on any atom is 0.330 e. The zero-order valence-corrected chi connectivity index (χ0v) is 15.5. The van der Waals surface area contributed by atoms with Gasteiger partial charge in [0.25, 0.3) is 5.56 Å². The van der Waals surface area contributed by atoms with Crippen LogP contribution in [0.2, 0.25) is 0 Å². The Morgan fingerprint density at radius 3 is 2.31 bits per heavy atom. The molecule has 0 aliphatic rings. The Balaban J connectivity index is 1.99. The van der Waals surface area contributed by atoms with E-state index in [-0.39, 0.29) is 11.4 Å². The van der Waals surface area contributed by atoms with Gasteiger partial charge in [0.15, 0.2) is 0 Å². The van der Waals surface area contributed by atoms with Crippen LogP contribution in [-0.2, 0) is 35.5 Å². The van der Waals surface area contributed by atoms with E-state index in [1.165, 1.54) is 36.9 Å². The molecule has 0 bridgehead atoms. The summed E-state index contributed by atoms with van der Waals surface area (Å²) in [5.74, 6) is -0.589. The normalized spacial score (nSPS) is 11.3. The maximum absolute atomic E-state index is 12.1. The molecule has 10 heteroatoms. The number of sulfonamides is 1. The van der Waals surface area contributed by atoms with Gasteiger partial charge in [-0.2, -0.15) is 0 Å². The van der Waals surface area contributed by atoms with Crippen molar-refractivity contribution in [1.29, 1.82) is 0 Å². The number of benzene rings is 1. The van der Waals surface area contributed by atoms with Gasteiger partial charge in [-0.05, 0) is 19.1 Å². The molecule has 2 aromatic rings. The highest BCUT2D eigenvalue weighted by molar-refractivity contribution is 7.89. The lowest BCUT2D eigenvalue weighted by atomic mass is 10.2. The van der Waals surface area contributed by atoms with Crippen LogP contribution in [0.15, 0.2) is 44.8 Å². The third-order valence-electron chi connectivity index (χ3n) is 3.85. The molecule has 0 saturated carbocycles. The van der Waals surface area contributed by atoms with E-state index in [1.807, 2.05) is 6.92 Å². The summed E-state index contributed by atoms with van der Waals surface area (Å²) in [6, 6.07) is 7.45. The van der Waals surface area contributed by atoms with E-state index in [0.29, 0.717) is 5.69 Å². The SMILES string of the molecule is Cc1ccc(S(=O)(=O)NCC(=O)NCc2cc(=O)n(C)c(=O)n2C)cc1. The molecule has 1 aromatic heterocycles. The summed E-state index contributed by atoms with van der Waals surface area (Å²) in [6.07, 6.45) is 0. The molecule has 0 saturated heterocycles. The Morgan fingerprint density at radius 1 is 1.08 bits per heavy atom. The van der Waals surface area contributed by atoms with Crippen LogP contribution in [0.25, 0.3) is 0 Å². The Labute approximate surface area is 150 Å². The van der Waals surface area contributed by atoms with Crippen molar-refractivity contribution in [3.05, 3.63) is 62.4 Å². The number of rotatable bonds is 6. The summed E-state index contributed by atoms with van der Waals surface area (Å²) < 4.78 is 28.6. The van der Waals surface area contributed by atoms with E-state index in [9.17, 15) is 22.8 Å². The second-order valence-corrected chi connectivity index (χ2v) is 7.56. The molecule has 2 rings (SSSR count). The highest BCUT2D eigenvalue weighted by Gasteiger charge is 2.15. The predicted octanol–water partition coefficient (Wildman–Crippen LogP) is -1.01. The molecule has 0 atom stereocenters. The molecule has 26 heavy (non-hydrogen) atoms. The van der Waals surface area contributed by atoms with Gasteiger partial charge in [-0.25, -0.2) is 17.9 Å². The Morgan fingerprint density at radius 2 is 1.69 bits per heavy atom. The smallest absolute Gasteiger partial charge is 0.330 e. The van der Waals surface area contributed by atoms with Crippen LogP contribution in [0.3, 0.4) is 0 Å². The van der Waals surface area contributed by atoms with Crippen molar-refractivity contribution in [3.8, 4) is 0 Å². The molecule has 0 aliphatic carbocycles. The molecule has 0 aliphatic heterocycles. The summed E-state index contributed by atoms with van der Waals surface area (Å²) in [6.45, 7) is 1.30. The fourth-order valence-electron chi connectivity index (χ4n) is 2.16. The minimum atomic E-state index is -3.80.